The van der Waals surface area contributed by atoms with Gasteiger partial charge >= 0.3 is 5.97 Å². The molecule has 2 atom stereocenters. The number of carboxylic acids is 1. The van der Waals surface area contributed by atoms with E-state index in [4.69, 9.17) is 16.7 Å². The lowest BCUT2D eigenvalue weighted by molar-refractivity contribution is -0.142. The number of nitrogens with one attached hydrogen (secondary N) is 1. The molecule has 2 rings (SSSR count). The summed E-state index contributed by atoms with van der Waals surface area (Å²) in [6.45, 7) is 0.452. The summed E-state index contributed by atoms with van der Waals surface area (Å²) in [5.74, 6) is -1.02. The number of halogens is 1. The highest BCUT2D eigenvalue weighted by Gasteiger charge is 2.23. The van der Waals surface area contributed by atoms with Crippen LogP contribution in [0.4, 0.5) is 0 Å². The second-order valence-corrected chi connectivity index (χ2v) is 5.08. The van der Waals surface area contributed by atoms with E-state index in [1.807, 2.05) is 12.2 Å². The monoisotopic (exact) mass is 281 g/mol. The Morgan fingerprint density at radius 1 is 1.47 bits per heavy atom. The maximum Gasteiger partial charge on any atom is 0.306 e. The lowest BCUT2D eigenvalue weighted by atomic mass is 9.91. The van der Waals surface area contributed by atoms with E-state index in [2.05, 4.69) is 5.32 Å². The maximum absolute atomic E-state index is 11.0. The number of benzene rings is 1. The average molecular weight is 282 g/mol. The summed E-state index contributed by atoms with van der Waals surface area (Å²) in [7, 11) is 0. The number of aromatic hydroxyl groups is 1. The quantitative estimate of drug-likeness (QED) is 0.742. The molecule has 19 heavy (non-hydrogen) atoms. The molecule has 0 bridgehead atoms. The van der Waals surface area contributed by atoms with Crippen LogP contribution in [0.25, 0.3) is 0 Å². The van der Waals surface area contributed by atoms with E-state index in [0.717, 1.165) is 0 Å². The van der Waals surface area contributed by atoms with Crippen molar-refractivity contribution >= 4 is 17.6 Å². The van der Waals surface area contributed by atoms with Gasteiger partial charge in [-0.2, -0.15) is 0 Å². The van der Waals surface area contributed by atoms with E-state index in [1.54, 1.807) is 18.2 Å². The third-order valence-corrected chi connectivity index (χ3v) is 3.61. The molecule has 0 amide bonds. The van der Waals surface area contributed by atoms with Crippen molar-refractivity contribution in [1.82, 2.24) is 5.32 Å². The predicted octanol–water partition coefficient (Wildman–Crippen LogP) is 2.55. The summed E-state index contributed by atoms with van der Waals surface area (Å²) in [6, 6.07) is 5.19. The molecule has 0 aliphatic heterocycles. The Labute approximate surface area is 116 Å². The van der Waals surface area contributed by atoms with E-state index in [1.165, 1.54) is 0 Å². The molecular weight excluding hydrogens is 266 g/mol. The van der Waals surface area contributed by atoms with Gasteiger partial charge in [0.15, 0.2) is 0 Å². The van der Waals surface area contributed by atoms with Crippen LogP contribution in [0.15, 0.2) is 30.4 Å². The molecule has 0 unspecified atom stereocenters. The standard InChI is InChI=1S/C14H16ClNO3/c15-12-6-2-4-10(13(12)17)8-16-11-5-1-3-9(7-11)14(18)19/h1-2,4-6,9,11,16-17H,3,7-8H2,(H,18,19)/t9-,11-/m1/s1. The number of allylic oxidation sites excluding steroid dienone is 1. The zero-order chi connectivity index (χ0) is 13.8. The van der Waals surface area contributed by atoms with Crippen molar-refractivity contribution in [1.29, 1.82) is 0 Å². The van der Waals surface area contributed by atoms with Crippen molar-refractivity contribution in [3.8, 4) is 5.75 Å². The van der Waals surface area contributed by atoms with Gasteiger partial charge in [-0.1, -0.05) is 35.9 Å². The highest BCUT2D eigenvalue weighted by atomic mass is 35.5. The van der Waals surface area contributed by atoms with Crippen molar-refractivity contribution in [2.75, 3.05) is 0 Å². The molecule has 1 aliphatic rings. The second-order valence-electron chi connectivity index (χ2n) is 4.67. The Morgan fingerprint density at radius 3 is 3.00 bits per heavy atom. The van der Waals surface area contributed by atoms with Crippen molar-refractivity contribution in [2.24, 2.45) is 5.92 Å². The summed E-state index contributed by atoms with van der Waals surface area (Å²) in [4.78, 5) is 11.0. The van der Waals surface area contributed by atoms with Crippen LogP contribution in [-0.4, -0.2) is 22.2 Å². The fraction of sp³-hybridized carbons (Fsp3) is 0.357. The predicted molar refractivity (Wildman–Crippen MR) is 73.2 cm³/mol. The van der Waals surface area contributed by atoms with Gasteiger partial charge in [-0.3, -0.25) is 4.79 Å². The molecule has 1 aromatic rings. The molecular formula is C14H16ClNO3. The molecule has 0 heterocycles. The van der Waals surface area contributed by atoms with Gasteiger partial charge in [-0.25, -0.2) is 0 Å². The Kier molecular flexibility index (Phi) is 4.45. The van der Waals surface area contributed by atoms with E-state index in [0.29, 0.717) is 30.0 Å². The van der Waals surface area contributed by atoms with Gasteiger partial charge in [0.25, 0.3) is 0 Å². The molecule has 102 valence electrons. The Bertz CT molecular complexity index is 501. The van der Waals surface area contributed by atoms with E-state index < -0.39 is 5.97 Å². The Morgan fingerprint density at radius 2 is 2.26 bits per heavy atom. The fourth-order valence-electron chi connectivity index (χ4n) is 2.19. The van der Waals surface area contributed by atoms with Gasteiger partial charge in [0.1, 0.15) is 5.75 Å². The Balaban J connectivity index is 1.95. The third kappa shape index (κ3) is 3.49. The molecule has 1 aromatic carbocycles. The zero-order valence-electron chi connectivity index (χ0n) is 10.3. The first kappa shape index (κ1) is 13.9. The minimum Gasteiger partial charge on any atom is -0.506 e. The average Bonchev–Trinajstić information content (AvgIpc) is 2.41. The highest BCUT2D eigenvalue weighted by molar-refractivity contribution is 6.32. The number of phenols is 1. The normalized spacial score (nSPS) is 22.4. The van der Waals surface area contributed by atoms with Crippen LogP contribution in [0.2, 0.25) is 5.02 Å². The van der Waals surface area contributed by atoms with E-state index in [-0.39, 0.29) is 17.7 Å². The molecule has 0 aromatic heterocycles. The number of phenolic OH excluding ortho intramolecular Hbond substituents is 1. The Hall–Kier alpha value is -1.52. The number of rotatable bonds is 4. The van der Waals surface area contributed by atoms with Crippen LogP contribution in [0.1, 0.15) is 18.4 Å². The number of para-hydroxylation sites is 1. The van der Waals surface area contributed by atoms with Crippen LogP contribution in [0, 0.1) is 5.92 Å². The summed E-state index contributed by atoms with van der Waals surface area (Å²) in [5.41, 5.74) is 0.707. The smallest absolute Gasteiger partial charge is 0.306 e. The molecule has 0 spiro atoms. The van der Waals surface area contributed by atoms with Crippen LogP contribution >= 0.6 is 11.6 Å². The second kappa shape index (κ2) is 6.08. The fourth-order valence-corrected chi connectivity index (χ4v) is 2.38. The molecule has 4 nitrogen and oxygen atoms in total. The largest absolute Gasteiger partial charge is 0.506 e. The van der Waals surface area contributed by atoms with Crippen LogP contribution < -0.4 is 5.32 Å². The SMILES string of the molecule is O=C(O)[C@@H]1CC=C[C@@H](NCc2cccc(Cl)c2O)C1. The zero-order valence-corrected chi connectivity index (χ0v) is 11.1. The van der Waals surface area contributed by atoms with E-state index in [9.17, 15) is 9.90 Å². The number of aliphatic carboxylic acids is 1. The summed E-state index contributed by atoms with van der Waals surface area (Å²) >= 11 is 5.83. The van der Waals surface area contributed by atoms with Crippen LogP contribution in [0.3, 0.4) is 0 Å². The van der Waals surface area contributed by atoms with Gasteiger partial charge < -0.3 is 15.5 Å². The van der Waals surface area contributed by atoms with Gasteiger partial charge in [-0.15, -0.1) is 0 Å². The first-order valence-electron chi connectivity index (χ1n) is 6.17. The molecule has 0 saturated carbocycles. The summed E-state index contributed by atoms with van der Waals surface area (Å²) < 4.78 is 0. The van der Waals surface area contributed by atoms with Crippen LogP contribution in [-0.2, 0) is 11.3 Å². The van der Waals surface area contributed by atoms with Gasteiger partial charge in [0.2, 0.25) is 0 Å². The lowest BCUT2D eigenvalue weighted by Crippen LogP contribution is -2.33. The molecule has 0 radical (unpaired) electrons. The van der Waals surface area contributed by atoms with Crippen molar-refractivity contribution in [3.05, 3.63) is 40.9 Å². The van der Waals surface area contributed by atoms with Gasteiger partial charge in [0, 0.05) is 18.2 Å². The number of hydrogen-bond donors (Lipinski definition) is 3. The number of hydrogen-bond acceptors (Lipinski definition) is 3. The third-order valence-electron chi connectivity index (χ3n) is 3.30. The molecule has 0 saturated heterocycles. The highest BCUT2D eigenvalue weighted by Crippen LogP contribution is 2.27. The maximum atomic E-state index is 11.0. The van der Waals surface area contributed by atoms with Crippen molar-refractivity contribution < 1.29 is 15.0 Å². The minimum atomic E-state index is -0.762. The van der Waals surface area contributed by atoms with E-state index >= 15 is 0 Å². The molecule has 0 fully saturated rings. The molecule has 1 aliphatic carbocycles. The number of carbonyl (C=O) groups is 1. The molecule has 3 N–H and O–H groups in total. The minimum absolute atomic E-state index is 0.00762. The van der Waals surface area contributed by atoms with Crippen molar-refractivity contribution in [2.45, 2.75) is 25.4 Å². The van der Waals surface area contributed by atoms with Gasteiger partial charge in [-0.05, 0) is 18.9 Å². The summed E-state index contributed by atoms with van der Waals surface area (Å²) in [5, 5.41) is 22.3. The lowest BCUT2D eigenvalue weighted by Gasteiger charge is -2.23. The van der Waals surface area contributed by atoms with Crippen molar-refractivity contribution in [3.63, 3.8) is 0 Å². The topological polar surface area (TPSA) is 69.6 Å². The molecule has 5 heteroatoms. The first-order valence-corrected chi connectivity index (χ1v) is 6.55. The van der Waals surface area contributed by atoms with Crippen LogP contribution in [0.5, 0.6) is 5.75 Å². The first-order chi connectivity index (χ1) is 9.08. The van der Waals surface area contributed by atoms with Gasteiger partial charge in [0.05, 0.1) is 10.9 Å². The number of carboxylic acid groups (broad SMARTS) is 1. The summed E-state index contributed by atoms with van der Waals surface area (Å²) in [6.07, 6.45) is 5.00.